The molecule has 2 aromatic rings. The van der Waals surface area contributed by atoms with E-state index in [0.717, 1.165) is 40.9 Å². The Balaban J connectivity index is 1.38. The van der Waals surface area contributed by atoms with Crippen LogP contribution in [-0.4, -0.2) is 22.2 Å². The zero-order valence-electron chi connectivity index (χ0n) is 18.7. The van der Waals surface area contributed by atoms with Gasteiger partial charge in [0.25, 0.3) is 5.56 Å². The highest BCUT2D eigenvalue weighted by molar-refractivity contribution is 5.96. The molecular formula is C26H29N5O2. The second-order valence-corrected chi connectivity index (χ2v) is 9.23. The summed E-state index contributed by atoms with van der Waals surface area (Å²) in [7, 11) is 0. The molecule has 3 aliphatic rings. The molecule has 1 spiro atoms. The van der Waals surface area contributed by atoms with E-state index in [1.54, 1.807) is 17.0 Å². The summed E-state index contributed by atoms with van der Waals surface area (Å²) in [5.74, 6) is -0.153. The van der Waals surface area contributed by atoms with Crippen LogP contribution < -0.4 is 21.9 Å². The molecule has 170 valence electrons. The molecule has 0 atom stereocenters. The van der Waals surface area contributed by atoms with Crippen molar-refractivity contribution in [1.29, 1.82) is 0 Å². The van der Waals surface area contributed by atoms with Crippen LogP contribution in [0.2, 0.25) is 0 Å². The molecule has 1 aliphatic heterocycles. The van der Waals surface area contributed by atoms with E-state index in [2.05, 4.69) is 11.2 Å². The highest BCUT2D eigenvalue weighted by Gasteiger charge is 2.42. The lowest BCUT2D eigenvalue weighted by atomic mass is 9.86. The lowest BCUT2D eigenvalue weighted by molar-refractivity contribution is -0.119. The minimum atomic E-state index is -0.267. The van der Waals surface area contributed by atoms with Crippen LogP contribution in [0, 0.1) is 5.41 Å². The zero-order valence-corrected chi connectivity index (χ0v) is 18.7. The Hall–Kier alpha value is -3.61. The smallest absolute Gasteiger partial charge is 0.267 e. The number of rotatable bonds is 5. The van der Waals surface area contributed by atoms with E-state index in [1.165, 1.54) is 48.0 Å². The third kappa shape index (κ3) is 3.99. The monoisotopic (exact) mass is 443 g/mol. The molecule has 1 fully saturated rings. The Bertz CT molecular complexity index is 1250. The van der Waals surface area contributed by atoms with Crippen LogP contribution in [0.4, 0.5) is 5.69 Å². The lowest BCUT2D eigenvalue weighted by Crippen LogP contribution is -2.36. The Morgan fingerprint density at radius 3 is 2.67 bits per heavy atom. The number of amides is 1. The van der Waals surface area contributed by atoms with E-state index >= 15 is 0 Å². The summed E-state index contributed by atoms with van der Waals surface area (Å²) in [5, 5.41) is 4.55. The molecule has 2 heterocycles. The van der Waals surface area contributed by atoms with Gasteiger partial charge in [0.05, 0.1) is 5.69 Å². The van der Waals surface area contributed by atoms with Gasteiger partial charge in [-0.15, -0.1) is 0 Å². The highest BCUT2D eigenvalue weighted by atomic mass is 16.2. The van der Waals surface area contributed by atoms with Gasteiger partial charge in [-0.25, -0.2) is 4.68 Å². The van der Waals surface area contributed by atoms with E-state index in [1.807, 2.05) is 18.2 Å². The number of hydrogen-bond donors (Lipinski definition) is 2. The molecule has 7 heteroatoms. The number of nitrogens with two attached hydrogens (primary N) is 2. The van der Waals surface area contributed by atoms with Gasteiger partial charge in [-0.1, -0.05) is 18.2 Å². The number of fused-ring (bicyclic) bond motifs is 1. The van der Waals surface area contributed by atoms with Gasteiger partial charge < -0.3 is 16.4 Å². The highest BCUT2D eigenvalue weighted by Crippen LogP contribution is 2.56. The maximum absolute atomic E-state index is 13.2. The third-order valence-electron chi connectivity index (χ3n) is 7.24. The van der Waals surface area contributed by atoms with Crippen molar-refractivity contribution in [1.82, 2.24) is 9.78 Å². The van der Waals surface area contributed by atoms with E-state index in [4.69, 9.17) is 11.5 Å². The summed E-state index contributed by atoms with van der Waals surface area (Å²) in [6, 6.07) is 9.11. The molecule has 1 saturated carbocycles. The molecule has 1 aromatic heterocycles. The van der Waals surface area contributed by atoms with Gasteiger partial charge in [-0.2, -0.15) is 5.10 Å². The van der Waals surface area contributed by atoms with Crippen molar-refractivity contribution in [2.45, 2.75) is 45.1 Å². The van der Waals surface area contributed by atoms with Gasteiger partial charge >= 0.3 is 0 Å². The van der Waals surface area contributed by atoms with Crippen LogP contribution in [-0.2, 0) is 17.8 Å². The van der Waals surface area contributed by atoms with Crippen molar-refractivity contribution in [3.8, 4) is 0 Å². The van der Waals surface area contributed by atoms with Crippen molar-refractivity contribution >= 4 is 22.7 Å². The van der Waals surface area contributed by atoms with Crippen molar-refractivity contribution in [3.05, 3.63) is 82.1 Å². The first-order valence-electron chi connectivity index (χ1n) is 11.5. The van der Waals surface area contributed by atoms with Crippen LogP contribution in [0.25, 0.3) is 11.1 Å². The number of hydrogen-bond acceptors (Lipinski definition) is 5. The van der Waals surface area contributed by atoms with Crippen molar-refractivity contribution in [2.75, 3.05) is 11.4 Å². The summed E-state index contributed by atoms with van der Waals surface area (Å²) in [6.45, 7) is 0.465. The second kappa shape index (κ2) is 8.39. The number of anilines is 1. The Morgan fingerprint density at radius 2 is 1.97 bits per heavy atom. The number of aromatic nitrogens is 2. The number of allylic oxidation sites excluding steroid dienone is 4. The summed E-state index contributed by atoms with van der Waals surface area (Å²) in [5.41, 5.74) is 17.3. The molecule has 5 rings (SSSR count). The maximum Gasteiger partial charge on any atom is 0.267 e. The minimum Gasteiger partial charge on any atom is -0.405 e. The molecule has 1 aromatic carbocycles. The first-order valence-corrected chi connectivity index (χ1v) is 11.5. The molecule has 0 saturated heterocycles. The van der Waals surface area contributed by atoms with Gasteiger partial charge in [0.2, 0.25) is 5.91 Å². The Kier molecular flexibility index (Phi) is 5.40. The second-order valence-electron chi connectivity index (χ2n) is 9.23. The molecular weight excluding hydrogens is 414 g/mol. The van der Waals surface area contributed by atoms with Crippen LogP contribution in [0.1, 0.15) is 48.9 Å². The quantitative estimate of drug-likeness (QED) is 0.691. The first kappa shape index (κ1) is 21.2. The van der Waals surface area contributed by atoms with Gasteiger partial charge in [0, 0.05) is 24.5 Å². The fourth-order valence-electron chi connectivity index (χ4n) is 5.06. The largest absolute Gasteiger partial charge is 0.405 e. The fourth-order valence-corrected chi connectivity index (χ4v) is 5.06. The predicted octanol–water partition coefficient (Wildman–Crippen LogP) is 2.95. The average molecular weight is 444 g/mol. The van der Waals surface area contributed by atoms with Crippen molar-refractivity contribution < 1.29 is 4.79 Å². The Morgan fingerprint density at radius 1 is 1.12 bits per heavy atom. The van der Waals surface area contributed by atoms with Gasteiger partial charge in [0.15, 0.2) is 0 Å². The summed E-state index contributed by atoms with van der Waals surface area (Å²) < 4.78 is 1.30. The van der Waals surface area contributed by atoms with E-state index in [9.17, 15) is 9.59 Å². The molecule has 33 heavy (non-hydrogen) atoms. The molecule has 2 aliphatic carbocycles. The SMILES string of the molecule is N/C=C\C(=C/N)c1cccc2c1CCN2C(=O)Cn1nc(C2=CCC3(CC2)CC3)ccc1=O. The van der Waals surface area contributed by atoms with Crippen LogP contribution in [0.15, 0.2) is 59.7 Å². The molecule has 1 amide bonds. The van der Waals surface area contributed by atoms with E-state index in [-0.39, 0.29) is 18.0 Å². The third-order valence-corrected chi connectivity index (χ3v) is 7.24. The van der Waals surface area contributed by atoms with Gasteiger partial charge in [0.1, 0.15) is 6.54 Å². The molecule has 0 unspecified atom stereocenters. The van der Waals surface area contributed by atoms with E-state index < -0.39 is 0 Å². The number of nitrogens with zero attached hydrogens (tertiary/aromatic N) is 3. The predicted molar refractivity (Wildman–Crippen MR) is 130 cm³/mol. The van der Waals surface area contributed by atoms with Crippen LogP contribution in [0.5, 0.6) is 0 Å². The molecule has 0 radical (unpaired) electrons. The number of carbonyl (C=O) groups is 1. The molecule has 0 bridgehead atoms. The summed E-state index contributed by atoms with van der Waals surface area (Å²) in [6.07, 6.45) is 13.6. The first-order chi connectivity index (χ1) is 16.0. The van der Waals surface area contributed by atoms with E-state index in [0.29, 0.717) is 18.4 Å². The zero-order chi connectivity index (χ0) is 23.0. The standard InChI is InChI=1S/C26H29N5O2/c27-14-8-19(16-28)20-2-1-3-23-21(20)9-15-30(23)25(33)17-31-24(32)5-4-22(29-31)18-6-10-26(11-7-18)12-13-26/h1-6,8,14,16H,7,9-13,15,17,27-28H2/b14-8-,19-16+. The van der Waals surface area contributed by atoms with Crippen LogP contribution in [0.3, 0.4) is 0 Å². The lowest BCUT2D eigenvalue weighted by Gasteiger charge is -2.21. The van der Waals surface area contributed by atoms with Crippen molar-refractivity contribution in [2.24, 2.45) is 16.9 Å². The molecule has 4 N–H and O–H groups in total. The summed E-state index contributed by atoms with van der Waals surface area (Å²) >= 11 is 0. The fraction of sp³-hybridized carbons (Fsp3) is 0.346. The molecule has 7 nitrogen and oxygen atoms in total. The maximum atomic E-state index is 13.2. The van der Waals surface area contributed by atoms with Crippen molar-refractivity contribution in [3.63, 3.8) is 0 Å². The van der Waals surface area contributed by atoms with Gasteiger partial charge in [-0.3, -0.25) is 9.59 Å². The number of carbonyl (C=O) groups excluding carboxylic acids is 1. The van der Waals surface area contributed by atoms with Crippen LogP contribution >= 0.6 is 0 Å². The normalized spacial score (nSPS) is 19.1. The Labute approximate surface area is 193 Å². The average Bonchev–Trinajstić information content (AvgIpc) is 3.43. The minimum absolute atomic E-state index is 0.0875. The topological polar surface area (TPSA) is 107 Å². The summed E-state index contributed by atoms with van der Waals surface area (Å²) in [4.78, 5) is 27.4. The number of benzene rings is 1. The van der Waals surface area contributed by atoms with Gasteiger partial charge in [-0.05, 0) is 90.6 Å².